The maximum Gasteiger partial charge on any atom is 0.307 e. The van der Waals surface area contributed by atoms with Gasteiger partial charge in [-0.05, 0) is 50.2 Å². The summed E-state index contributed by atoms with van der Waals surface area (Å²) in [6.45, 7) is 8.26. The van der Waals surface area contributed by atoms with Gasteiger partial charge in [-0.15, -0.1) is 0 Å². The van der Waals surface area contributed by atoms with Gasteiger partial charge in [0.25, 0.3) is 0 Å². The molecule has 6 nitrogen and oxygen atoms in total. The van der Waals surface area contributed by atoms with Crippen molar-refractivity contribution in [3.05, 3.63) is 35.8 Å². The summed E-state index contributed by atoms with van der Waals surface area (Å²) >= 11 is 0. The largest absolute Gasteiger partial charge is 0.492 e. The number of aromatic nitrogens is 2. The minimum Gasteiger partial charge on any atom is -0.492 e. The lowest BCUT2D eigenvalue weighted by molar-refractivity contribution is -0.136. The number of piperidine rings is 1. The molecule has 0 aliphatic carbocycles. The molecule has 0 saturated carbocycles. The van der Waals surface area contributed by atoms with Crippen molar-refractivity contribution in [1.82, 2.24) is 9.97 Å². The Kier molecular flexibility index (Phi) is 7.46. The van der Waals surface area contributed by atoms with Crippen molar-refractivity contribution in [3.63, 3.8) is 0 Å². The molecule has 2 aromatic heterocycles. The number of ether oxygens (including phenoxy) is 1. The molecule has 0 aromatic carbocycles. The maximum absolute atomic E-state index is 12.2. The van der Waals surface area contributed by atoms with E-state index in [4.69, 9.17) is 4.74 Å². The highest BCUT2D eigenvalue weighted by atomic mass is 19.1. The smallest absolute Gasteiger partial charge is 0.307 e. The van der Waals surface area contributed by atoms with Gasteiger partial charge in [0.1, 0.15) is 5.75 Å². The predicted octanol–water partition coefficient (Wildman–Crippen LogP) is 4.83. The minimum absolute atomic E-state index is 0.0718. The van der Waals surface area contributed by atoms with Crippen molar-refractivity contribution in [1.29, 1.82) is 0 Å². The number of hydrogen-bond acceptors (Lipinski definition) is 5. The molecule has 7 heteroatoms. The zero-order valence-corrected chi connectivity index (χ0v) is 18.7. The number of rotatable bonds is 9. The number of pyridine rings is 2. The summed E-state index contributed by atoms with van der Waals surface area (Å²) in [5.41, 5.74) is 4.26. The molecule has 31 heavy (non-hydrogen) atoms. The molecule has 0 amide bonds. The van der Waals surface area contributed by atoms with Crippen molar-refractivity contribution in [2.45, 2.75) is 52.9 Å². The van der Waals surface area contributed by atoms with Crippen molar-refractivity contribution >= 4 is 11.7 Å². The highest BCUT2D eigenvalue weighted by Crippen LogP contribution is 2.39. The van der Waals surface area contributed by atoms with Crippen molar-refractivity contribution in [2.24, 2.45) is 5.41 Å². The number of anilines is 1. The number of carbonyl (C=O) groups is 1. The van der Waals surface area contributed by atoms with Gasteiger partial charge in [0, 0.05) is 36.1 Å². The Morgan fingerprint density at radius 1 is 1.19 bits per heavy atom. The molecule has 2 aromatic rings. The predicted molar refractivity (Wildman–Crippen MR) is 119 cm³/mol. The topological polar surface area (TPSA) is 75.6 Å². The van der Waals surface area contributed by atoms with Crippen LogP contribution in [-0.4, -0.2) is 47.4 Å². The summed E-state index contributed by atoms with van der Waals surface area (Å²) < 4.78 is 17.8. The monoisotopic (exact) mass is 429 g/mol. The fourth-order valence-electron chi connectivity index (χ4n) is 3.89. The average molecular weight is 430 g/mol. The van der Waals surface area contributed by atoms with Crippen LogP contribution in [0.4, 0.5) is 10.1 Å². The Balaban J connectivity index is 1.93. The number of carboxylic acid groups (broad SMARTS) is 1. The summed E-state index contributed by atoms with van der Waals surface area (Å²) in [6.07, 6.45) is 6.61. The van der Waals surface area contributed by atoms with Gasteiger partial charge in [0.05, 0.1) is 37.3 Å². The zero-order chi connectivity index (χ0) is 22.4. The van der Waals surface area contributed by atoms with E-state index in [1.807, 2.05) is 19.1 Å². The Morgan fingerprint density at radius 3 is 2.55 bits per heavy atom. The lowest BCUT2D eigenvalue weighted by Crippen LogP contribution is -2.38. The average Bonchev–Trinajstić information content (AvgIpc) is 2.73. The van der Waals surface area contributed by atoms with E-state index in [9.17, 15) is 14.3 Å². The Hall–Kier alpha value is -2.70. The molecule has 168 valence electrons. The number of alkyl halides is 1. The summed E-state index contributed by atoms with van der Waals surface area (Å²) in [4.78, 5) is 22.9. The lowest BCUT2D eigenvalue weighted by atomic mass is 9.82. The second-order valence-electron chi connectivity index (χ2n) is 8.93. The normalized spacial score (nSPS) is 15.7. The van der Waals surface area contributed by atoms with E-state index >= 15 is 0 Å². The molecule has 0 spiro atoms. The first kappa shape index (κ1) is 23.0. The summed E-state index contributed by atoms with van der Waals surface area (Å²) in [7, 11) is 0. The van der Waals surface area contributed by atoms with Crippen LogP contribution in [0.25, 0.3) is 11.3 Å². The van der Waals surface area contributed by atoms with Crippen molar-refractivity contribution in [2.75, 3.05) is 31.3 Å². The quantitative estimate of drug-likeness (QED) is 0.575. The molecule has 0 bridgehead atoms. The zero-order valence-electron chi connectivity index (χ0n) is 18.7. The molecule has 0 atom stereocenters. The fraction of sp³-hybridized carbons (Fsp3) is 0.542. The maximum atomic E-state index is 12.2. The van der Waals surface area contributed by atoms with Crippen LogP contribution < -0.4 is 9.64 Å². The van der Waals surface area contributed by atoms with Crippen molar-refractivity contribution < 1.29 is 19.0 Å². The number of carboxylic acids is 1. The standard InChI is InChI=1S/C24H32FN3O3/c1-17-19(14-22(29)30)23(28-11-8-24(2,3)9-12-28)20(16-26-17)21-7-6-18(15-27-21)31-13-5-4-10-25/h6-7,15-16H,4-5,8-14H2,1-3H3,(H,29,30). The van der Waals surface area contributed by atoms with E-state index < -0.39 is 5.97 Å². The SMILES string of the molecule is Cc1ncc(-c2ccc(OCCCCF)cn2)c(N2CCC(C)(C)CC2)c1CC(=O)O. The van der Waals surface area contributed by atoms with E-state index in [0.717, 1.165) is 54.1 Å². The molecule has 3 heterocycles. The van der Waals surface area contributed by atoms with Gasteiger partial charge in [-0.3, -0.25) is 19.2 Å². The van der Waals surface area contributed by atoms with Crippen LogP contribution in [0.1, 0.15) is 50.8 Å². The third-order valence-electron chi connectivity index (χ3n) is 5.94. The van der Waals surface area contributed by atoms with Crippen LogP contribution in [0, 0.1) is 12.3 Å². The molecule has 1 fully saturated rings. The molecule has 0 radical (unpaired) electrons. The van der Waals surface area contributed by atoms with Crippen LogP contribution >= 0.6 is 0 Å². The van der Waals surface area contributed by atoms with E-state index in [0.29, 0.717) is 25.2 Å². The number of aryl methyl sites for hydroxylation is 1. The van der Waals surface area contributed by atoms with Gasteiger partial charge < -0.3 is 14.7 Å². The number of nitrogens with zero attached hydrogens (tertiary/aromatic N) is 3. The van der Waals surface area contributed by atoms with Crippen LogP contribution in [-0.2, 0) is 11.2 Å². The van der Waals surface area contributed by atoms with E-state index in [1.165, 1.54) is 0 Å². The molecular formula is C24H32FN3O3. The van der Waals surface area contributed by atoms with E-state index in [-0.39, 0.29) is 18.5 Å². The second-order valence-corrected chi connectivity index (χ2v) is 8.93. The molecule has 1 saturated heterocycles. The first-order valence-electron chi connectivity index (χ1n) is 10.9. The number of halogens is 1. The van der Waals surface area contributed by atoms with Crippen LogP contribution in [0.15, 0.2) is 24.5 Å². The summed E-state index contributed by atoms with van der Waals surface area (Å²) in [5, 5.41) is 9.51. The van der Waals surface area contributed by atoms with E-state index in [2.05, 4.69) is 28.7 Å². The first-order chi connectivity index (χ1) is 14.8. The van der Waals surface area contributed by atoms with Crippen LogP contribution in [0.3, 0.4) is 0 Å². The molecule has 1 N–H and O–H groups in total. The Labute approximate surface area is 183 Å². The number of unbranched alkanes of at least 4 members (excludes halogenated alkanes) is 1. The molecule has 3 rings (SSSR count). The molecular weight excluding hydrogens is 397 g/mol. The second kappa shape index (κ2) is 10.1. The van der Waals surface area contributed by atoms with Gasteiger partial charge in [0.15, 0.2) is 0 Å². The summed E-state index contributed by atoms with van der Waals surface area (Å²) in [6, 6.07) is 3.72. The Bertz CT molecular complexity index is 890. The van der Waals surface area contributed by atoms with Gasteiger partial charge in [-0.25, -0.2) is 0 Å². The lowest BCUT2D eigenvalue weighted by Gasteiger charge is -2.40. The highest BCUT2D eigenvalue weighted by Gasteiger charge is 2.29. The van der Waals surface area contributed by atoms with Gasteiger partial charge >= 0.3 is 5.97 Å². The van der Waals surface area contributed by atoms with Crippen LogP contribution in [0.2, 0.25) is 0 Å². The highest BCUT2D eigenvalue weighted by molar-refractivity contribution is 5.83. The van der Waals surface area contributed by atoms with Gasteiger partial charge in [-0.2, -0.15) is 0 Å². The number of aliphatic carboxylic acids is 1. The third kappa shape index (κ3) is 5.93. The van der Waals surface area contributed by atoms with Gasteiger partial charge in [0.2, 0.25) is 0 Å². The molecule has 1 aliphatic rings. The van der Waals surface area contributed by atoms with Crippen LogP contribution in [0.5, 0.6) is 5.75 Å². The first-order valence-corrected chi connectivity index (χ1v) is 10.9. The Morgan fingerprint density at radius 2 is 1.94 bits per heavy atom. The molecule has 1 aliphatic heterocycles. The van der Waals surface area contributed by atoms with E-state index in [1.54, 1.807) is 12.4 Å². The van der Waals surface area contributed by atoms with Crippen molar-refractivity contribution in [3.8, 4) is 17.0 Å². The number of hydrogen-bond donors (Lipinski definition) is 1. The van der Waals surface area contributed by atoms with Gasteiger partial charge in [-0.1, -0.05) is 13.8 Å². The third-order valence-corrected chi connectivity index (χ3v) is 5.94. The molecule has 0 unspecified atom stereocenters. The minimum atomic E-state index is -0.870. The summed E-state index contributed by atoms with van der Waals surface area (Å²) in [5.74, 6) is -0.236. The fourth-order valence-corrected chi connectivity index (χ4v) is 3.89.